The van der Waals surface area contributed by atoms with Crippen LogP contribution in [-0.4, -0.2) is 29.9 Å². The summed E-state index contributed by atoms with van der Waals surface area (Å²) in [5.41, 5.74) is 6.41. The SMILES string of the molecule is N[C@H]1CCCN(C(=O)c2ccc(Br)cc2Cl)C1. The van der Waals surface area contributed by atoms with Gasteiger partial charge in [-0.25, -0.2) is 0 Å². The number of carbonyl (C=O) groups is 1. The number of hydrogen-bond donors (Lipinski definition) is 1. The molecule has 1 atom stereocenters. The molecule has 1 aromatic carbocycles. The first-order valence-corrected chi connectivity index (χ1v) is 6.75. The molecule has 0 bridgehead atoms. The number of piperidine rings is 1. The normalized spacial score (nSPS) is 20.4. The summed E-state index contributed by atoms with van der Waals surface area (Å²) >= 11 is 9.39. The zero-order valence-electron chi connectivity index (χ0n) is 9.33. The van der Waals surface area contributed by atoms with E-state index in [2.05, 4.69) is 15.9 Å². The Balaban J connectivity index is 2.18. The number of likely N-dealkylation sites (tertiary alicyclic amines) is 1. The summed E-state index contributed by atoms with van der Waals surface area (Å²) in [6, 6.07) is 5.39. The van der Waals surface area contributed by atoms with Crippen molar-refractivity contribution < 1.29 is 4.79 Å². The Morgan fingerprint density at radius 3 is 2.94 bits per heavy atom. The summed E-state index contributed by atoms with van der Waals surface area (Å²) in [4.78, 5) is 14.0. The van der Waals surface area contributed by atoms with Crippen molar-refractivity contribution in [3.05, 3.63) is 33.3 Å². The number of halogens is 2. The van der Waals surface area contributed by atoms with E-state index in [1.165, 1.54) is 0 Å². The predicted molar refractivity (Wildman–Crippen MR) is 72.3 cm³/mol. The number of rotatable bonds is 1. The largest absolute Gasteiger partial charge is 0.337 e. The molecule has 92 valence electrons. The summed E-state index contributed by atoms with van der Waals surface area (Å²) in [6.45, 7) is 1.38. The minimum atomic E-state index is -0.0300. The first kappa shape index (κ1) is 12.9. The Hall–Kier alpha value is -0.580. The maximum Gasteiger partial charge on any atom is 0.255 e. The van der Waals surface area contributed by atoms with Crippen molar-refractivity contribution >= 4 is 33.4 Å². The maximum absolute atomic E-state index is 12.2. The van der Waals surface area contributed by atoms with Crippen LogP contribution >= 0.6 is 27.5 Å². The Bertz CT molecular complexity index is 439. The molecule has 2 rings (SSSR count). The van der Waals surface area contributed by atoms with Crippen molar-refractivity contribution in [1.29, 1.82) is 0 Å². The van der Waals surface area contributed by atoms with Crippen LogP contribution in [0.15, 0.2) is 22.7 Å². The fraction of sp³-hybridized carbons (Fsp3) is 0.417. The summed E-state index contributed by atoms with van der Waals surface area (Å²) in [6.07, 6.45) is 1.94. The van der Waals surface area contributed by atoms with Crippen LogP contribution in [-0.2, 0) is 0 Å². The molecule has 0 aliphatic carbocycles. The maximum atomic E-state index is 12.2. The molecule has 5 heteroatoms. The molecule has 1 saturated heterocycles. The van der Waals surface area contributed by atoms with Gasteiger partial charge in [-0.05, 0) is 31.0 Å². The van der Waals surface area contributed by atoms with E-state index >= 15 is 0 Å². The average Bonchev–Trinajstić information content (AvgIpc) is 2.28. The Kier molecular flexibility index (Phi) is 4.07. The van der Waals surface area contributed by atoms with Crippen LogP contribution in [0, 0.1) is 0 Å². The van der Waals surface area contributed by atoms with Crippen LogP contribution < -0.4 is 5.73 Å². The standard InChI is InChI=1S/C12H14BrClN2O/c13-8-3-4-10(11(14)6-8)12(17)16-5-1-2-9(15)7-16/h3-4,6,9H,1-2,5,7,15H2/t9-/m0/s1. The Morgan fingerprint density at radius 1 is 1.53 bits per heavy atom. The van der Waals surface area contributed by atoms with Gasteiger partial charge in [-0.15, -0.1) is 0 Å². The lowest BCUT2D eigenvalue weighted by atomic mass is 10.1. The molecule has 0 saturated carbocycles. The molecule has 1 amide bonds. The molecule has 1 fully saturated rings. The van der Waals surface area contributed by atoms with E-state index in [4.69, 9.17) is 17.3 Å². The van der Waals surface area contributed by atoms with E-state index in [1.54, 1.807) is 17.0 Å². The monoisotopic (exact) mass is 316 g/mol. The van der Waals surface area contributed by atoms with E-state index < -0.39 is 0 Å². The van der Waals surface area contributed by atoms with Gasteiger partial charge in [0.05, 0.1) is 10.6 Å². The van der Waals surface area contributed by atoms with Crippen LogP contribution in [0.1, 0.15) is 23.2 Å². The average molecular weight is 318 g/mol. The van der Waals surface area contributed by atoms with Crippen molar-refractivity contribution in [1.82, 2.24) is 4.90 Å². The quantitative estimate of drug-likeness (QED) is 0.865. The fourth-order valence-electron chi connectivity index (χ4n) is 2.03. The van der Waals surface area contributed by atoms with Crippen molar-refractivity contribution in [3.63, 3.8) is 0 Å². The number of nitrogens with zero attached hydrogens (tertiary/aromatic N) is 1. The molecular formula is C12H14BrClN2O. The molecule has 1 aromatic rings. The molecule has 2 N–H and O–H groups in total. The fourth-order valence-corrected chi connectivity index (χ4v) is 2.78. The first-order valence-electron chi connectivity index (χ1n) is 5.58. The van der Waals surface area contributed by atoms with Gasteiger partial charge in [-0.1, -0.05) is 27.5 Å². The summed E-state index contributed by atoms with van der Waals surface area (Å²) < 4.78 is 0.870. The van der Waals surface area contributed by atoms with Crippen LogP contribution in [0.4, 0.5) is 0 Å². The van der Waals surface area contributed by atoms with E-state index in [0.29, 0.717) is 17.1 Å². The van der Waals surface area contributed by atoms with E-state index in [9.17, 15) is 4.79 Å². The third kappa shape index (κ3) is 3.00. The molecule has 0 radical (unpaired) electrons. The molecule has 17 heavy (non-hydrogen) atoms. The minimum Gasteiger partial charge on any atom is -0.337 e. The number of amides is 1. The second kappa shape index (κ2) is 5.38. The highest BCUT2D eigenvalue weighted by atomic mass is 79.9. The lowest BCUT2D eigenvalue weighted by molar-refractivity contribution is 0.0709. The lowest BCUT2D eigenvalue weighted by Gasteiger charge is -2.31. The molecule has 3 nitrogen and oxygen atoms in total. The summed E-state index contributed by atoms with van der Waals surface area (Å²) in [5.74, 6) is -0.0300. The smallest absolute Gasteiger partial charge is 0.255 e. The molecule has 1 aliphatic rings. The van der Waals surface area contributed by atoms with Gasteiger partial charge in [0, 0.05) is 23.6 Å². The van der Waals surface area contributed by atoms with Gasteiger partial charge < -0.3 is 10.6 Å². The highest BCUT2D eigenvalue weighted by Gasteiger charge is 2.23. The zero-order chi connectivity index (χ0) is 12.4. The number of hydrogen-bond acceptors (Lipinski definition) is 2. The van der Waals surface area contributed by atoms with Gasteiger partial charge in [0.25, 0.3) is 5.91 Å². The number of nitrogens with two attached hydrogens (primary N) is 1. The van der Waals surface area contributed by atoms with Crippen molar-refractivity contribution in [2.75, 3.05) is 13.1 Å². The number of carbonyl (C=O) groups excluding carboxylic acids is 1. The molecule has 0 spiro atoms. The van der Waals surface area contributed by atoms with Crippen molar-refractivity contribution in [2.24, 2.45) is 5.73 Å². The van der Waals surface area contributed by atoms with Gasteiger partial charge in [0.2, 0.25) is 0 Å². The van der Waals surface area contributed by atoms with Crippen LogP contribution in [0.5, 0.6) is 0 Å². The number of benzene rings is 1. The van der Waals surface area contributed by atoms with Crippen LogP contribution in [0.25, 0.3) is 0 Å². The van der Waals surface area contributed by atoms with Crippen LogP contribution in [0.3, 0.4) is 0 Å². The van der Waals surface area contributed by atoms with E-state index in [-0.39, 0.29) is 11.9 Å². The van der Waals surface area contributed by atoms with Gasteiger partial charge in [-0.2, -0.15) is 0 Å². The van der Waals surface area contributed by atoms with Crippen molar-refractivity contribution in [3.8, 4) is 0 Å². The second-order valence-electron chi connectivity index (χ2n) is 4.28. The van der Waals surface area contributed by atoms with Gasteiger partial charge >= 0.3 is 0 Å². The first-order chi connectivity index (χ1) is 8.08. The molecule has 0 unspecified atom stereocenters. The highest BCUT2D eigenvalue weighted by Crippen LogP contribution is 2.23. The molecular weight excluding hydrogens is 304 g/mol. The van der Waals surface area contributed by atoms with Gasteiger partial charge in [0.15, 0.2) is 0 Å². The van der Waals surface area contributed by atoms with Crippen molar-refractivity contribution in [2.45, 2.75) is 18.9 Å². The topological polar surface area (TPSA) is 46.3 Å². The summed E-state index contributed by atoms with van der Waals surface area (Å²) in [5, 5.41) is 0.475. The zero-order valence-corrected chi connectivity index (χ0v) is 11.7. The van der Waals surface area contributed by atoms with Crippen LogP contribution in [0.2, 0.25) is 5.02 Å². The lowest BCUT2D eigenvalue weighted by Crippen LogP contribution is -2.45. The Morgan fingerprint density at radius 2 is 2.29 bits per heavy atom. The minimum absolute atomic E-state index is 0.0300. The molecule has 0 aromatic heterocycles. The third-order valence-electron chi connectivity index (χ3n) is 2.91. The van der Waals surface area contributed by atoms with E-state index in [1.807, 2.05) is 6.07 Å². The highest BCUT2D eigenvalue weighted by molar-refractivity contribution is 9.10. The van der Waals surface area contributed by atoms with E-state index in [0.717, 1.165) is 23.9 Å². The predicted octanol–water partition coefficient (Wildman–Crippen LogP) is 2.67. The second-order valence-corrected chi connectivity index (χ2v) is 5.60. The molecule has 1 heterocycles. The summed E-state index contributed by atoms with van der Waals surface area (Å²) in [7, 11) is 0. The third-order valence-corrected chi connectivity index (χ3v) is 3.71. The van der Waals surface area contributed by atoms with Gasteiger partial charge in [0.1, 0.15) is 0 Å². The Labute approximate surface area is 114 Å². The molecule has 1 aliphatic heterocycles. The van der Waals surface area contributed by atoms with Gasteiger partial charge in [-0.3, -0.25) is 4.79 Å².